The van der Waals surface area contributed by atoms with Crippen molar-refractivity contribution in [2.45, 2.75) is 44.1 Å². The number of nitrogens with one attached hydrogen (secondary N) is 1. The quantitative estimate of drug-likeness (QED) is 0.794. The number of carboxylic acid groups (broad SMARTS) is 1. The van der Waals surface area contributed by atoms with Crippen LogP contribution in [0.2, 0.25) is 0 Å². The highest BCUT2D eigenvalue weighted by Gasteiger charge is 2.65. The van der Waals surface area contributed by atoms with Gasteiger partial charge in [0.1, 0.15) is 0 Å². The summed E-state index contributed by atoms with van der Waals surface area (Å²) in [6.07, 6.45) is 6.01. The van der Waals surface area contributed by atoms with Crippen molar-refractivity contribution in [3.63, 3.8) is 0 Å². The molecule has 2 saturated carbocycles. The van der Waals surface area contributed by atoms with E-state index in [4.69, 9.17) is 0 Å². The molecule has 3 aliphatic rings. The van der Waals surface area contributed by atoms with E-state index in [9.17, 15) is 15.0 Å². The number of hydrogen-bond donors (Lipinski definition) is 3. The monoisotopic (exact) mass is 329 g/mol. The van der Waals surface area contributed by atoms with Gasteiger partial charge in [0, 0.05) is 5.41 Å². The smallest absolute Gasteiger partial charge is 0.341 e. The predicted octanol–water partition coefficient (Wildman–Crippen LogP) is 2.76. The molecule has 3 atom stereocenters. The van der Waals surface area contributed by atoms with Crippen molar-refractivity contribution >= 4 is 5.97 Å². The third-order valence-electron chi connectivity index (χ3n) is 7.09. The summed E-state index contributed by atoms with van der Waals surface area (Å²) in [7, 11) is 0. The van der Waals surface area contributed by atoms with E-state index < -0.39 is 17.0 Å². The summed E-state index contributed by atoms with van der Waals surface area (Å²) in [5.74, 6) is 0.226. The fourth-order valence-electron chi connectivity index (χ4n) is 6.23. The van der Waals surface area contributed by atoms with Gasteiger partial charge in [0.2, 0.25) is 0 Å². The van der Waals surface area contributed by atoms with E-state index in [2.05, 4.69) is 5.32 Å². The Morgan fingerprint density at radius 2 is 1.67 bits per heavy atom. The number of fused-ring (bicyclic) bond motifs is 2. The first kappa shape index (κ1) is 16.1. The largest absolute Gasteiger partial charge is 0.479 e. The molecule has 1 aliphatic heterocycles. The molecule has 1 aromatic rings. The van der Waals surface area contributed by atoms with Crippen LogP contribution in [0.25, 0.3) is 0 Å². The number of carboxylic acids is 1. The highest BCUT2D eigenvalue weighted by Crippen LogP contribution is 2.63. The molecule has 4 nitrogen and oxygen atoms in total. The highest BCUT2D eigenvalue weighted by atomic mass is 16.4. The van der Waals surface area contributed by atoms with Crippen LogP contribution in [0, 0.1) is 23.2 Å². The SMILES string of the molecule is O=C(O)C(O)(c1ccccc1)C1(C2C3CCC2CNC3)CCCC1. The third-order valence-corrected chi connectivity index (χ3v) is 7.09. The van der Waals surface area contributed by atoms with Crippen LogP contribution in [0.3, 0.4) is 0 Å². The molecule has 0 amide bonds. The van der Waals surface area contributed by atoms with E-state index in [1.54, 1.807) is 12.1 Å². The van der Waals surface area contributed by atoms with Gasteiger partial charge < -0.3 is 15.5 Å². The molecule has 0 aromatic heterocycles. The van der Waals surface area contributed by atoms with Gasteiger partial charge in [-0.05, 0) is 62.1 Å². The molecule has 4 rings (SSSR count). The zero-order valence-electron chi connectivity index (χ0n) is 14.1. The first-order valence-electron chi connectivity index (χ1n) is 9.31. The van der Waals surface area contributed by atoms with Crippen LogP contribution in [-0.4, -0.2) is 29.3 Å². The summed E-state index contributed by atoms with van der Waals surface area (Å²) < 4.78 is 0. The number of piperidine rings is 1. The Labute approximate surface area is 143 Å². The van der Waals surface area contributed by atoms with Crippen molar-refractivity contribution in [2.75, 3.05) is 13.1 Å². The lowest BCUT2D eigenvalue weighted by molar-refractivity contribution is -0.192. The van der Waals surface area contributed by atoms with E-state index in [1.165, 1.54) is 0 Å². The molecule has 3 N–H and O–H groups in total. The number of aliphatic hydroxyl groups is 1. The second kappa shape index (κ2) is 5.85. The lowest BCUT2D eigenvalue weighted by Gasteiger charge is -2.51. The lowest BCUT2D eigenvalue weighted by atomic mass is 9.55. The number of benzene rings is 1. The fraction of sp³-hybridized carbons (Fsp3) is 0.650. The number of hydrogen-bond acceptors (Lipinski definition) is 3. The molecule has 1 heterocycles. The van der Waals surface area contributed by atoms with Crippen LogP contribution in [0.4, 0.5) is 0 Å². The number of rotatable bonds is 4. The Hall–Kier alpha value is -1.39. The Balaban J connectivity index is 1.85. The minimum Gasteiger partial charge on any atom is -0.479 e. The molecular weight excluding hydrogens is 302 g/mol. The minimum absolute atomic E-state index is 0.308. The second-order valence-corrected chi connectivity index (χ2v) is 8.03. The van der Waals surface area contributed by atoms with Crippen LogP contribution in [0.15, 0.2) is 30.3 Å². The molecule has 2 bridgehead atoms. The molecular formula is C20H27NO3. The summed E-state index contributed by atoms with van der Waals surface area (Å²) in [5, 5.41) is 25.4. The van der Waals surface area contributed by atoms with Crippen molar-refractivity contribution in [3.05, 3.63) is 35.9 Å². The van der Waals surface area contributed by atoms with E-state index in [-0.39, 0.29) is 0 Å². The molecule has 130 valence electrons. The molecule has 3 unspecified atom stereocenters. The summed E-state index contributed by atoms with van der Waals surface area (Å²) in [6, 6.07) is 9.13. The molecule has 1 saturated heterocycles. The molecule has 24 heavy (non-hydrogen) atoms. The lowest BCUT2D eigenvalue weighted by Crippen LogP contribution is -2.58. The van der Waals surface area contributed by atoms with Crippen LogP contribution >= 0.6 is 0 Å². The topological polar surface area (TPSA) is 69.6 Å². The van der Waals surface area contributed by atoms with Gasteiger partial charge in [-0.25, -0.2) is 4.79 Å². The molecule has 2 aliphatic carbocycles. The van der Waals surface area contributed by atoms with Gasteiger partial charge in [-0.1, -0.05) is 43.2 Å². The summed E-state index contributed by atoms with van der Waals surface area (Å²) in [4.78, 5) is 12.4. The number of carbonyl (C=O) groups is 1. The molecule has 0 spiro atoms. The maximum Gasteiger partial charge on any atom is 0.341 e. The molecule has 4 heteroatoms. The Morgan fingerprint density at radius 3 is 2.21 bits per heavy atom. The van der Waals surface area contributed by atoms with E-state index in [0.29, 0.717) is 23.3 Å². The van der Waals surface area contributed by atoms with Crippen molar-refractivity contribution in [1.29, 1.82) is 0 Å². The van der Waals surface area contributed by atoms with Gasteiger partial charge >= 0.3 is 5.97 Å². The van der Waals surface area contributed by atoms with Crippen molar-refractivity contribution in [1.82, 2.24) is 5.32 Å². The fourth-order valence-corrected chi connectivity index (χ4v) is 6.23. The maximum atomic E-state index is 12.4. The molecule has 1 aromatic carbocycles. The van der Waals surface area contributed by atoms with Gasteiger partial charge in [-0.3, -0.25) is 0 Å². The predicted molar refractivity (Wildman–Crippen MR) is 91.4 cm³/mol. The van der Waals surface area contributed by atoms with Crippen molar-refractivity contribution < 1.29 is 15.0 Å². The van der Waals surface area contributed by atoms with Crippen LogP contribution in [0.5, 0.6) is 0 Å². The summed E-state index contributed by atoms with van der Waals surface area (Å²) >= 11 is 0. The Kier molecular flexibility index (Phi) is 3.92. The van der Waals surface area contributed by atoms with Crippen molar-refractivity contribution in [3.8, 4) is 0 Å². The average molecular weight is 329 g/mol. The minimum atomic E-state index is -1.78. The Morgan fingerprint density at radius 1 is 1.08 bits per heavy atom. The first-order chi connectivity index (χ1) is 11.6. The number of aliphatic carboxylic acids is 1. The van der Waals surface area contributed by atoms with Gasteiger partial charge in [0.05, 0.1) is 0 Å². The van der Waals surface area contributed by atoms with E-state index in [0.717, 1.165) is 51.6 Å². The second-order valence-electron chi connectivity index (χ2n) is 8.03. The van der Waals surface area contributed by atoms with E-state index in [1.807, 2.05) is 18.2 Å². The normalized spacial score (nSPS) is 34.0. The first-order valence-corrected chi connectivity index (χ1v) is 9.31. The van der Waals surface area contributed by atoms with E-state index >= 15 is 0 Å². The standard InChI is InChI=1S/C20H27NO3/c22-18(23)20(24,16-6-2-1-3-7-16)19(10-4-5-11-19)17-14-8-9-15(17)13-21-12-14/h1-3,6-7,14-15,17,21,24H,4-5,8-13H2,(H,22,23). The van der Waals surface area contributed by atoms with Crippen molar-refractivity contribution in [2.24, 2.45) is 23.2 Å². The highest BCUT2D eigenvalue weighted by molar-refractivity contribution is 5.80. The zero-order valence-corrected chi connectivity index (χ0v) is 14.1. The zero-order chi connectivity index (χ0) is 16.8. The van der Waals surface area contributed by atoms with Gasteiger partial charge in [0.15, 0.2) is 5.60 Å². The molecule has 3 fully saturated rings. The van der Waals surface area contributed by atoms with Crippen LogP contribution in [0.1, 0.15) is 44.1 Å². The van der Waals surface area contributed by atoms with Crippen LogP contribution < -0.4 is 5.32 Å². The third kappa shape index (κ3) is 2.09. The van der Waals surface area contributed by atoms with Gasteiger partial charge in [0.25, 0.3) is 0 Å². The maximum absolute atomic E-state index is 12.4. The van der Waals surface area contributed by atoms with Crippen LogP contribution in [-0.2, 0) is 10.4 Å². The Bertz CT molecular complexity index is 595. The molecule has 0 radical (unpaired) electrons. The summed E-state index contributed by atoms with van der Waals surface area (Å²) in [6.45, 7) is 1.93. The average Bonchev–Trinajstić information content (AvgIpc) is 3.18. The van der Waals surface area contributed by atoms with Gasteiger partial charge in [-0.2, -0.15) is 0 Å². The van der Waals surface area contributed by atoms with Gasteiger partial charge in [-0.15, -0.1) is 0 Å². The summed E-state index contributed by atoms with van der Waals surface area (Å²) in [5.41, 5.74) is -1.76.